The van der Waals surface area contributed by atoms with Crippen LogP contribution >= 0.6 is 15.9 Å². The van der Waals surface area contributed by atoms with E-state index in [1.807, 2.05) is 34.9 Å². The van der Waals surface area contributed by atoms with E-state index in [4.69, 9.17) is 9.47 Å². The quantitative estimate of drug-likeness (QED) is 0.458. The molecule has 0 unspecified atom stereocenters. The standard InChI is InChI=1S/C22H20BrN3O4/c1-24-17-12-26(16-11-13(29-3)9-10-18(16)30-4)20(14-7-5-6-8-15(14)23)19(17)21(27)25(2)22(24)28/h5-12H,1-4H3. The number of hydrogen-bond donors (Lipinski definition) is 0. The van der Waals surface area contributed by atoms with E-state index >= 15 is 0 Å². The Kier molecular flexibility index (Phi) is 5.03. The summed E-state index contributed by atoms with van der Waals surface area (Å²) in [4.78, 5) is 25.7. The molecule has 0 amide bonds. The van der Waals surface area contributed by atoms with Crippen molar-refractivity contribution >= 4 is 26.8 Å². The predicted molar refractivity (Wildman–Crippen MR) is 120 cm³/mol. The summed E-state index contributed by atoms with van der Waals surface area (Å²) in [5.41, 5.74) is 1.93. The number of halogens is 1. The van der Waals surface area contributed by atoms with Gasteiger partial charge in [0, 0.05) is 36.4 Å². The highest BCUT2D eigenvalue weighted by Gasteiger charge is 2.23. The van der Waals surface area contributed by atoms with Crippen LogP contribution in [0.25, 0.3) is 27.8 Å². The first-order valence-electron chi connectivity index (χ1n) is 9.17. The van der Waals surface area contributed by atoms with Gasteiger partial charge in [-0.15, -0.1) is 0 Å². The topological polar surface area (TPSA) is 67.4 Å². The SMILES string of the molecule is COc1ccc(OC)c(-n2cc3c(c2-c2ccccc2Br)c(=O)n(C)c(=O)n3C)c1. The van der Waals surface area contributed by atoms with Crippen LogP contribution in [0.3, 0.4) is 0 Å². The molecule has 4 aromatic rings. The summed E-state index contributed by atoms with van der Waals surface area (Å²) >= 11 is 3.60. The molecule has 154 valence electrons. The fourth-order valence-electron chi connectivity index (χ4n) is 3.63. The van der Waals surface area contributed by atoms with Crippen molar-refractivity contribution in [2.45, 2.75) is 0 Å². The van der Waals surface area contributed by atoms with E-state index < -0.39 is 0 Å². The van der Waals surface area contributed by atoms with Crippen LogP contribution in [0.1, 0.15) is 0 Å². The van der Waals surface area contributed by atoms with Gasteiger partial charge in [0.15, 0.2) is 0 Å². The molecule has 0 atom stereocenters. The van der Waals surface area contributed by atoms with E-state index in [1.54, 1.807) is 39.6 Å². The first-order valence-corrected chi connectivity index (χ1v) is 9.96. The van der Waals surface area contributed by atoms with Crippen molar-refractivity contribution in [3.63, 3.8) is 0 Å². The molecule has 2 heterocycles. The molecule has 0 bridgehead atoms. The van der Waals surface area contributed by atoms with Crippen LogP contribution < -0.4 is 20.7 Å². The number of benzene rings is 2. The van der Waals surface area contributed by atoms with Crippen LogP contribution in [0.4, 0.5) is 0 Å². The molecule has 0 saturated heterocycles. The second-order valence-corrected chi connectivity index (χ2v) is 7.69. The molecule has 0 aliphatic carbocycles. The lowest BCUT2D eigenvalue weighted by molar-refractivity contribution is 0.401. The molecule has 0 spiro atoms. The monoisotopic (exact) mass is 469 g/mol. The first kappa shape index (κ1) is 20.0. The number of fused-ring (bicyclic) bond motifs is 1. The van der Waals surface area contributed by atoms with Crippen LogP contribution in [0.2, 0.25) is 0 Å². The van der Waals surface area contributed by atoms with Gasteiger partial charge in [-0.25, -0.2) is 4.79 Å². The van der Waals surface area contributed by atoms with Crippen molar-refractivity contribution in [2.24, 2.45) is 14.1 Å². The van der Waals surface area contributed by atoms with Crippen molar-refractivity contribution in [1.29, 1.82) is 0 Å². The van der Waals surface area contributed by atoms with Crippen LogP contribution in [-0.4, -0.2) is 27.9 Å². The van der Waals surface area contributed by atoms with Crippen LogP contribution in [0.15, 0.2) is 62.7 Å². The number of hydrogen-bond acceptors (Lipinski definition) is 4. The van der Waals surface area contributed by atoms with Crippen molar-refractivity contribution in [3.8, 4) is 28.4 Å². The lowest BCUT2D eigenvalue weighted by Crippen LogP contribution is -2.36. The normalized spacial score (nSPS) is 11.1. The van der Waals surface area contributed by atoms with Gasteiger partial charge in [0.2, 0.25) is 0 Å². The average molecular weight is 470 g/mol. The molecule has 0 fully saturated rings. The molecular weight excluding hydrogens is 450 g/mol. The highest BCUT2D eigenvalue weighted by molar-refractivity contribution is 9.10. The van der Waals surface area contributed by atoms with Gasteiger partial charge in [0.25, 0.3) is 5.56 Å². The van der Waals surface area contributed by atoms with Crippen molar-refractivity contribution < 1.29 is 9.47 Å². The molecular formula is C22H20BrN3O4. The molecule has 0 aliphatic heterocycles. The van der Waals surface area contributed by atoms with E-state index in [1.165, 1.54) is 11.6 Å². The summed E-state index contributed by atoms with van der Waals surface area (Å²) < 4.78 is 16.3. The summed E-state index contributed by atoms with van der Waals surface area (Å²) in [6, 6.07) is 13.1. The minimum Gasteiger partial charge on any atom is -0.497 e. The Morgan fingerprint density at radius 1 is 0.933 bits per heavy atom. The second-order valence-electron chi connectivity index (χ2n) is 6.83. The Labute approximate surface area is 180 Å². The Morgan fingerprint density at radius 2 is 1.67 bits per heavy atom. The van der Waals surface area contributed by atoms with E-state index in [0.29, 0.717) is 33.8 Å². The third kappa shape index (κ3) is 2.95. The Morgan fingerprint density at radius 3 is 2.33 bits per heavy atom. The fraction of sp³-hybridized carbons (Fsp3) is 0.182. The highest BCUT2D eigenvalue weighted by atomic mass is 79.9. The Balaban J connectivity index is 2.25. The lowest BCUT2D eigenvalue weighted by Gasteiger charge is -2.15. The largest absolute Gasteiger partial charge is 0.497 e. The maximum absolute atomic E-state index is 13.2. The van der Waals surface area contributed by atoms with Crippen molar-refractivity contribution in [3.05, 3.63) is 74.0 Å². The predicted octanol–water partition coefficient (Wildman–Crippen LogP) is 3.47. The van der Waals surface area contributed by atoms with Gasteiger partial charge in [0.1, 0.15) is 11.5 Å². The van der Waals surface area contributed by atoms with Gasteiger partial charge in [0.05, 0.1) is 36.5 Å². The van der Waals surface area contributed by atoms with Crippen LogP contribution in [0.5, 0.6) is 11.5 Å². The van der Waals surface area contributed by atoms with Crippen molar-refractivity contribution in [1.82, 2.24) is 13.7 Å². The van der Waals surface area contributed by atoms with Gasteiger partial charge < -0.3 is 14.0 Å². The Hall–Kier alpha value is -3.26. The number of aryl methyl sites for hydroxylation is 1. The smallest absolute Gasteiger partial charge is 0.330 e. The van der Waals surface area contributed by atoms with E-state index in [9.17, 15) is 9.59 Å². The molecule has 0 aliphatic rings. The lowest BCUT2D eigenvalue weighted by atomic mass is 10.1. The van der Waals surface area contributed by atoms with E-state index in [-0.39, 0.29) is 11.2 Å². The number of aromatic nitrogens is 3. The zero-order chi connectivity index (χ0) is 21.6. The van der Waals surface area contributed by atoms with E-state index in [2.05, 4.69) is 15.9 Å². The molecule has 30 heavy (non-hydrogen) atoms. The zero-order valence-corrected chi connectivity index (χ0v) is 18.6. The van der Waals surface area contributed by atoms with Gasteiger partial charge in [-0.3, -0.25) is 13.9 Å². The van der Waals surface area contributed by atoms with Crippen molar-refractivity contribution in [2.75, 3.05) is 14.2 Å². The second kappa shape index (κ2) is 7.53. The molecule has 0 N–H and O–H groups in total. The molecule has 0 saturated carbocycles. The Bertz CT molecular complexity index is 1400. The highest BCUT2D eigenvalue weighted by Crippen LogP contribution is 2.38. The number of methoxy groups -OCH3 is 2. The molecule has 8 heteroatoms. The minimum atomic E-state index is -0.388. The number of nitrogens with zero attached hydrogens (tertiary/aromatic N) is 3. The minimum absolute atomic E-state index is 0.362. The zero-order valence-electron chi connectivity index (χ0n) is 17.0. The third-order valence-electron chi connectivity index (χ3n) is 5.21. The summed E-state index contributed by atoms with van der Waals surface area (Å²) in [5, 5.41) is 0.441. The van der Waals surface area contributed by atoms with Gasteiger partial charge in [-0.2, -0.15) is 0 Å². The summed E-state index contributed by atoms with van der Waals surface area (Å²) in [6.45, 7) is 0. The number of ether oxygens (including phenoxy) is 2. The summed E-state index contributed by atoms with van der Waals surface area (Å²) in [6.07, 6.45) is 1.78. The third-order valence-corrected chi connectivity index (χ3v) is 5.90. The number of rotatable bonds is 4. The van der Waals surface area contributed by atoms with Gasteiger partial charge >= 0.3 is 5.69 Å². The van der Waals surface area contributed by atoms with E-state index in [0.717, 1.165) is 14.6 Å². The van der Waals surface area contributed by atoms with Gasteiger partial charge in [-0.1, -0.05) is 34.1 Å². The average Bonchev–Trinajstić information content (AvgIpc) is 3.16. The molecule has 0 radical (unpaired) electrons. The fourth-order valence-corrected chi connectivity index (χ4v) is 4.11. The molecule has 7 nitrogen and oxygen atoms in total. The maximum Gasteiger partial charge on any atom is 0.330 e. The van der Waals surface area contributed by atoms with Gasteiger partial charge in [-0.05, 0) is 18.2 Å². The first-order chi connectivity index (χ1) is 14.4. The summed E-state index contributed by atoms with van der Waals surface area (Å²) in [5.74, 6) is 1.25. The van der Waals surface area contributed by atoms with Crippen LogP contribution in [-0.2, 0) is 14.1 Å². The maximum atomic E-state index is 13.2. The molecule has 2 aromatic carbocycles. The van der Waals surface area contributed by atoms with Crippen LogP contribution in [0, 0.1) is 0 Å². The molecule has 2 aromatic heterocycles. The summed E-state index contributed by atoms with van der Waals surface area (Å²) in [7, 11) is 6.31. The molecule has 4 rings (SSSR count).